The number of Topliss-reactive ketones (excluding diaryl/α,β-unsaturated/α-hetero) is 9. The van der Waals surface area contributed by atoms with E-state index in [1.165, 1.54) is 125 Å². The van der Waals surface area contributed by atoms with Crippen LogP contribution in [0.25, 0.3) is 0 Å². The maximum atomic E-state index is 9.44. The monoisotopic (exact) mass is 606 g/mol. The molecule has 0 amide bonds. The Kier molecular flexibility index (Phi) is 109. The van der Waals surface area contributed by atoms with E-state index in [9.17, 15) is 43.2 Å². The van der Waals surface area contributed by atoms with E-state index in [4.69, 9.17) is 23.2 Å². The molecule has 0 saturated heterocycles. The van der Waals surface area contributed by atoms with Crippen LogP contribution in [-0.2, 0) is 43.2 Å². The van der Waals surface area contributed by atoms with E-state index in [1.54, 1.807) is 0 Å². The topological polar surface area (TPSA) is 154 Å². The van der Waals surface area contributed by atoms with E-state index in [1.807, 2.05) is 0 Å². The third-order valence-corrected chi connectivity index (χ3v) is 0. The molecule has 0 rings (SSSR count). The fourth-order valence-electron chi connectivity index (χ4n) is 0. The molecule has 0 unspecified atom stereocenters. The van der Waals surface area contributed by atoms with E-state index in [0.717, 1.165) is 0 Å². The Morgan fingerprint density at radius 3 is 0.256 bits per heavy atom. The molecule has 0 aromatic rings. The predicted octanol–water partition coefficient (Wildman–Crippen LogP) is 6.78. The van der Waals surface area contributed by atoms with Crippen molar-refractivity contribution in [2.45, 2.75) is 125 Å². The molecule has 0 heterocycles. The van der Waals surface area contributed by atoms with E-state index in [2.05, 4.69) is 0 Å². The van der Waals surface area contributed by atoms with Crippen LogP contribution in [0.5, 0.6) is 0 Å². The molecule has 39 heavy (non-hydrogen) atoms. The first-order valence-electron chi connectivity index (χ1n) is 11.4. The Labute approximate surface area is 248 Å². The lowest BCUT2D eigenvalue weighted by Gasteiger charge is -1.56. The Morgan fingerprint density at radius 2 is 0.256 bits per heavy atom. The summed E-state index contributed by atoms with van der Waals surface area (Å²) in [6.07, 6.45) is 0. The SMILES string of the molecule is CC(C)=O.CC(C)=O.CC(C)=O.CC(C)=O.CC(C)=O.CC(C)=O.CC(C)=O.CC(C)=O.CC(C)=O.ClCCl. The Balaban J connectivity index is -0.0000000300. The van der Waals surface area contributed by atoms with Gasteiger partial charge in [-0.3, -0.25) is 0 Å². The Morgan fingerprint density at radius 1 is 0.256 bits per heavy atom. The molecule has 0 aliphatic carbocycles. The second-order valence-corrected chi connectivity index (χ2v) is 9.08. The van der Waals surface area contributed by atoms with Gasteiger partial charge in [-0.25, -0.2) is 0 Å². The minimum atomic E-state index is 0.167. The normalized spacial score (nSPS) is 6.46. The number of hydrogen-bond acceptors (Lipinski definition) is 9. The van der Waals surface area contributed by atoms with Gasteiger partial charge in [0.05, 0.1) is 5.34 Å². The molecule has 0 spiro atoms. The van der Waals surface area contributed by atoms with Gasteiger partial charge < -0.3 is 43.2 Å². The van der Waals surface area contributed by atoms with Gasteiger partial charge in [0.15, 0.2) is 0 Å². The van der Waals surface area contributed by atoms with Crippen LogP contribution in [0.3, 0.4) is 0 Å². The zero-order chi connectivity index (χ0) is 34.9. The van der Waals surface area contributed by atoms with E-state index < -0.39 is 0 Å². The molecule has 0 aromatic heterocycles. The van der Waals surface area contributed by atoms with Crippen molar-refractivity contribution >= 4 is 75.3 Å². The summed E-state index contributed by atoms with van der Waals surface area (Å²) in [5, 5.41) is 0.194. The number of halogens is 2. The van der Waals surface area contributed by atoms with Crippen molar-refractivity contribution in [3.8, 4) is 0 Å². The fourth-order valence-corrected chi connectivity index (χ4v) is 0. The summed E-state index contributed by atoms with van der Waals surface area (Å²) in [6, 6.07) is 0. The van der Waals surface area contributed by atoms with E-state index in [0.29, 0.717) is 0 Å². The van der Waals surface area contributed by atoms with Crippen molar-refractivity contribution in [2.24, 2.45) is 0 Å². The first-order valence-corrected chi connectivity index (χ1v) is 12.4. The summed E-state index contributed by atoms with van der Waals surface area (Å²) in [5.74, 6) is 1.50. The summed E-state index contributed by atoms with van der Waals surface area (Å²) in [5.41, 5.74) is 0. The van der Waals surface area contributed by atoms with Crippen molar-refractivity contribution < 1.29 is 43.2 Å². The highest BCUT2D eigenvalue weighted by Gasteiger charge is 1.65. The molecule has 0 saturated carbocycles. The predicted molar refractivity (Wildman–Crippen MR) is 164 cm³/mol. The lowest BCUT2D eigenvalue weighted by atomic mass is 10.6. The molecule has 0 aliphatic rings. The summed E-state index contributed by atoms with van der Waals surface area (Å²) in [6.45, 7) is 27.5. The van der Waals surface area contributed by atoms with Gasteiger partial charge in [0.25, 0.3) is 0 Å². The van der Waals surface area contributed by atoms with Crippen LogP contribution in [0.2, 0.25) is 0 Å². The summed E-state index contributed by atoms with van der Waals surface area (Å²) < 4.78 is 0. The average Bonchev–Trinajstić information content (AvgIpc) is 2.49. The van der Waals surface area contributed by atoms with Crippen molar-refractivity contribution in [2.75, 3.05) is 5.34 Å². The van der Waals surface area contributed by atoms with Gasteiger partial charge >= 0.3 is 0 Å². The number of carbonyl (C=O) groups excluding carboxylic acids is 9. The minimum Gasteiger partial charge on any atom is -0.300 e. The smallest absolute Gasteiger partial charge is 0.126 e. The second kappa shape index (κ2) is 65.0. The summed E-state index contributed by atoms with van der Waals surface area (Å²) in [4.78, 5) is 85.0. The van der Waals surface area contributed by atoms with Crippen molar-refractivity contribution in [3.63, 3.8) is 0 Å². The van der Waals surface area contributed by atoms with Crippen LogP contribution in [0.4, 0.5) is 0 Å². The van der Waals surface area contributed by atoms with Crippen LogP contribution < -0.4 is 0 Å². The zero-order valence-corrected chi connectivity index (χ0v) is 29.1. The maximum absolute atomic E-state index is 9.44. The van der Waals surface area contributed by atoms with Crippen LogP contribution in [-0.4, -0.2) is 57.4 Å². The van der Waals surface area contributed by atoms with E-state index >= 15 is 0 Å². The third-order valence-electron chi connectivity index (χ3n) is 0. The highest BCUT2D eigenvalue weighted by Crippen LogP contribution is 1.73. The maximum Gasteiger partial charge on any atom is 0.126 e. The number of rotatable bonds is 0. The fraction of sp³-hybridized carbons (Fsp3) is 0.679. The number of hydrogen-bond donors (Lipinski definition) is 0. The quantitative estimate of drug-likeness (QED) is 0.271. The van der Waals surface area contributed by atoms with Gasteiger partial charge in [0.2, 0.25) is 0 Å². The lowest BCUT2D eigenvalue weighted by molar-refractivity contribution is -0.115. The molecule has 11 heteroatoms. The van der Waals surface area contributed by atoms with Gasteiger partial charge in [-0.2, -0.15) is 0 Å². The van der Waals surface area contributed by atoms with Crippen molar-refractivity contribution in [1.29, 1.82) is 0 Å². The minimum absolute atomic E-state index is 0.167. The number of carbonyl (C=O) groups is 9. The first-order chi connectivity index (χ1) is 17.0. The molecular formula is C28H56Cl2O9. The molecule has 9 nitrogen and oxygen atoms in total. The standard InChI is InChI=1S/9C3H6O.CH2Cl2/c9*1-3(2)4;2-1-3/h9*1-2H3;1H2. The second-order valence-electron chi connectivity index (χ2n) is 8.28. The molecule has 0 N–H and O–H groups in total. The highest BCUT2D eigenvalue weighted by atomic mass is 35.5. The zero-order valence-electron chi connectivity index (χ0n) is 27.6. The van der Waals surface area contributed by atoms with Crippen LogP contribution in [0, 0.1) is 0 Å². The highest BCUT2D eigenvalue weighted by molar-refractivity contribution is 6.40. The molecule has 0 bridgehead atoms. The number of ketones is 9. The van der Waals surface area contributed by atoms with Crippen LogP contribution >= 0.6 is 23.2 Å². The van der Waals surface area contributed by atoms with Gasteiger partial charge in [0.1, 0.15) is 52.0 Å². The van der Waals surface area contributed by atoms with Crippen molar-refractivity contribution in [3.05, 3.63) is 0 Å². The Bertz CT molecular complexity index is 434. The molecule has 0 radical (unpaired) electrons. The molecule has 0 fully saturated rings. The average molecular weight is 608 g/mol. The molecule has 236 valence electrons. The first kappa shape index (κ1) is 65.6. The van der Waals surface area contributed by atoms with Gasteiger partial charge in [-0.15, -0.1) is 23.2 Å². The summed E-state index contributed by atoms with van der Waals surface area (Å²) >= 11 is 9.53. The third kappa shape index (κ3) is 7040. The van der Waals surface area contributed by atoms with E-state index in [-0.39, 0.29) is 57.4 Å². The molecule has 0 aromatic carbocycles. The van der Waals surface area contributed by atoms with Gasteiger partial charge in [0, 0.05) is 0 Å². The molecule has 0 aliphatic heterocycles. The molecule has 0 atom stereocenters. The van der Waals surface area contributed by atoms with Crippen LogP contribution in [0.1, 0.15) is 125 Å². The Hall–Kier alpha value is -2.39. The van der Waals surface area contributed by atoms with Crippen molar-refractivity contribution in [1.82, 2.24) is 0 Å². The lowest BCUT2D eigenvalue weighted by Crippen LogP contribution is -1.69. The largest absolute Gasteiger partial charge is 0.300 e. The summed E-state index contributed by atoms with van der Waals surface area (Å²) in [7, 11) is 0. The molecular weight excluding hydrogens is 551 g/mol. The van der Waals surface area contributed by atoms with Gasteiger partial charge in [-0.05, 0) is 125 Å². The van der Waals surface area contributed by atoms with Crippen LogP contribution in [0.15, 0.2) is 0 Å². The van der Waals surface area contributed by atoms with Gasteiger partial charge in [-0.1, -0.05) is 0 Å². The number of alkyl halides is 2.